The van der Waals surface area contributed by atoms with Gasteiger partial charge in [0.15, 0.2) is 0 Å². The Kier molecular flexibility index (Phi) is 3.77. The molecule has 1 aliphatic heterocycles. The molecular formula is C22H19N3O2S. The van der Waals surface area contributed by atoms with Crippen molar-refractivity contribution in [3.05, 3.63) is 64.9 Å². The molecule has 1 atom stereocenters. The standard InChI is InChI=1S/C22H19N3O2S/c1-12-5-4-6-18(12)27-15-7-8-16(13(2)11-15)25-17-9-10-23-21-19(17)20(14(3)28-21)24-22(25)26/h4-12H,1-3H3,(H,24,26). The lowest BCUT2D eigenvalue weighted by molar-refractivity contribution is 0.259. The van der Waals surface area contributed by atoms with E-state index in [1.165, 1.54) is 0 Å². The van der Waals surface area contributed by atoms with Crippen molar-refractivity contribution >= 4 is 44.6 Å². The van der Waals surface area contributed by atoms with Crippen molar-refractivity contribution in [1.29, 1.82) is 0 Å². The molecule has 140 valence electrons. The first-order chi connectivity index (χ1) is 13.5. The predicted octanol–water partition coefficient (Wildman–Crippen LogP) is 6.07. The van der Waals surface area contributed by atoms with Crippen molar-refractivity contribution in [1.82, 2.24) is 4.98 Å². The smallest absolute Gasteiger partial charge is 0.331 e. The zero-order chi connectivity index (χ0) is 19.4. The Balaban J connectivity index is 1.56. The molecule has 28 heavy (non-hydrogen) atoms. The number of thiophene rings is 1. The van der Waals surface area contributed by atoms with E-state index >= 15 is 0 Å². The molecule has 0 bridgehead atoms. The van der Waals surface area contributed by atoms with Crippen LogP contribution in [0.2, 0.25) is 0 Å². The number of amides is 2. The van der Waals surface area contributed by atoms with Crippen molar-refractivity contribution in [2.24, 2.45) is 5.92 Å². The fraction of sp³-hybridized carbons (Fsp3) is 0.182. The van der Waals surface area contributed by atoms with Crippen LogP contribution in [0.1, 0.15) is 17.4 Å². The molecule has 0 saturated carbocycles. The molecule has 2 aliphatic rings. The number of carbonyl (C=O) groups excluding carboxylic acids is 1. The maximum absolute atomic E-state index is 13.0. The minimum atomic E-state index is -0.158. The number of nitrogens with zero attached hydrogens (tertiary/aromatic N) is 2. The summed E-state index contributed by atoms with van der Waals surface area (Å²) in [5.41, 5.74) is 3.53. The first kappa shape index (κ1) is 17.0. The molecule has 0 radical (unpaired) electrons. The van der Waals surface area contributed by atoms with E-state index in [0.717, 1.165) is 49.2 Å². The highest BCUT2D eigenvalue weighted by atomic mass is 32.1. The van der Waals surface area contributed by atoms with Crippen LogP contribution in [0.25, 0.3) is 10.2 Å². The second-order valence-electron chi connectivity index (χ2n) is 7.10. The van der Waals surface area contributed by atoms with Crippen LogP contribution >= 0.6 is 11.3 Å². The van der Waals surface area contributed by atoms with E-state index in [1.54, 1.807) is 22.4 Å². The summed E-state index contributed by atoms with van der Waals surface area (Å²) in [6.07, 6.45) is 7.86. The molecule has 6 heteroatoms. The van der Waals surface area contributed by atoms with Crippen LogP contribution in [-0.2, 0) is 0 Å². The molecule has 3 heterocycles. The number of aryl methyl sites for hydroxylation is 2. The molecule has 3 aromatic rings. The molecule has 5 rings (SSSR count). The number of benzene rings is 1. The fourth-order valence-electron chi connectivity index (χ4n) is 3.73. The van der Waals surface area contributed by atoms with Gasteiger partial charge in [-0.15, -0.1) is 11.3 Å². The average Bonchev–Trinajstić information content (AvgIpc) is 3.21. The van der Waals surface area contributed by atoms with Crippen LogP contribution in [0, 0.1) is 19.8 Å². The van der Waals surface area contributed by atoms with E-state index in [9.17, 15) is 4.79 Å². The second kappa shape index (κ2) is 6.21. The van der Waals surface area contributed by atoms with Crippen LogP contribution in [0.4, 0.5) is 21.9 Å². The Labute approximate surface area is 167 Å². The molecule has 0 fully saturated rings. The normalized spacial score (nSPS) is 17.8. The van der Waals surface area contributed by atoms with Gasteiger partial charge in [-0.1, -0.05) is 19.1 Å². The molecule has 1 aliphatic carbocycles. The SMILES string of the molecule is Cc1cc(OC2=CC=CC2C)ccc1N1C(=O)Nc2c(C)sc3nccc1c23. The number of allylic oxidation sites excluding steroid dienone is 3. The number of rotatable bonds is 3. The van der Waals surface area contributed by atoms with Crippen LogP contribution < -0.4 is 15.0 Å². The maximum Gasteiger partial charge on any atom is 0.331 e. The minimum absolute atomic E-state index is 0.158. The van der Waals surface area contributed by atoms with Gasteiger partial charge in [-0.05, 0) is 49.8 Å². The number of carbonyl (C=O) groups is 1. The largest absolute Gasteiger partial charge is 0.461 e. The van der Waals surface area contributed by atoms with Crippen LogP contribution in [-0.4, -0.2) is 11.0 Å². The van der Waals surface area contributed by atoms with E-state index in [0.29, 0.717) is 0 Å². The van der Waals surface area contributed by atoms with Crippen molar-refractivity contribution < 1.29 is 9.53 Å². The minimum Gasteiger partial charge on any atom is -0.461 e. The van der Waals surface area contributed by atoms with Crippen LogP contribution in [0.15, 0.2) is 54.4 Å². The van der Waals surface area contributed by atoms with Gasteiger partial charge in [0.1, 0.15) is 16.3 Å². The summed E-state index contributed by atoms with van der Waals surface area (Å²) in [5, 5.41) is 4.04. The van der Waals surface area contributed by atoms with Crippen molar-refractivity contribution in [2.45, 2.75) is 20.8 Å². The Bertz CT molecular complexity index is 1190. The number of urea groups is 1. The van der Waals surface area contributed by atoms with Gasteiger partial charge in [0.25, 0.3) is 0 Å². The number of nitrogens with one attached hydrogen (secondary N) is 1. The highest BCUT2D eigenvalue weighted by Gasteiger charge is 2.30. The summed E-state index contributed by atoms with van der Waals surface area (Å²) >= 11 is 1.60. The van der Waals surface area contributed by atoms with Gasteiger partial charge in [0.2, 0.25) is 0 Å². The van der Waals surface area contributed by atoms with E-state index in [-0.39, 0.29) is 11.9 Å². The monoisotopic (exact) mass is 389 g/mol. The summed E-state index contributed by atoms with van der Waals surface area (Å²) in [6, 6.07) is 7.57. The van der Waals surface area contributed by atoms with Gasteiger partial charge in [-0.3, -0.25) is 4.90 Å². The Morgan fingerprint density at radius 1 is 1.21 bits per heavy atom. The maximum atomic E-state index is 13.0. The summed E-state index contributed by atoms with van der Waals surface area (Å²) < 4.78 is 6.03. The lowest BCUT2D eigenvalue weighted by Gasteiger charge is -2.29. The Morgan fingerprint density at radius 3 is 2.82 bits per heavy atom. The molecule has 0 saturated heterocycles. The fourth-order valence-corrected chi connectivity index (χ4v) is 4.70. The van der Waals surface area contributed by atoms with Crippen molar-refractivity contribution in [3.8, 4) is 5.75 Å². The second-order valence-corrected chi connectivity index (χ2v) is 8.31. The van der Waals surface area contributed by atoms with Gasteiger partial charge in [-0.2, -0.15) is 0 Å². The zero-order valence-corrected chi connectivity index (χ0v) is 16.6. The summed E-state index contributed by atoms with van der Waals surface area (Å²) in [7, 11) is 0. The van der Waals surface area contributed by atoms with Gasteiger partial charge < -0.3 is 10.1 Å². The average molecular weight is 389 g/mol. The van der Waals surface area contributed by atoms with Gasteiger partial charge in [0, 0.05) is 17.0 Å². The number of anilines is 3. The number of hydrogen-bond donors (Lipinski definition) is 1. The lowest BCUT2D eigenvalue weighted by atomic mass is 10.1. The summed E-state index contributed by atoms with van der Waals surface area (Å²) in [5.74, 6) is 1.97. The predicted molar refractivity (Wildman–Crippen MR) is 114 cm³/mol. The van der Waals surface area contributed by atoms with Crippen molar-refractivity contribution in [2.75, 3.05) is 10.2 Å². The highest BCUT2D eigenvalue weighted by molar-refractivity contribution is 7.19. The lowest BCUT2D eigenvalue weighted by Crippen LogP contribution is -2.34. The van der Waals surface area contributed by atoms with Gasteiger partial charge >= 0.3 is 6.03 Å². The van der Waals surface area contributed by atoms with E-state index in [4.69, 9.17) is 4.74 Å². The molecule has 1 N–H and O–H groups in total. The topological polar surface area (TPSA) is 54.5 Å². The number of ether oxygens (including phenoxy) is 1. The highest BCUT2D eigenvalue weighted by Crippen LogP contribution is 2.46. The number of pyridine rings is 1. The zero-order valence-electron chi connectivity index (χ0n) is 15.8. The quantitative estimate of drug-likeness (QED) is 0.592. The van der Waals surface area contributed by atoms with E-state index < -0.39 is 0 Å². The molecule has 1 aromatic carbocycles. The molecule has 2 amide bonds. The number of hydrogen-bond acceptors (Lipinski definition) is 4. The third kappa shape index (κ3) is 2.52. The summed E-state index contributed by atoms with van der Waals surface area (Å²) in [4.78, 5) is 21.1. The molecule has 2 aromatic heterocycles. The molecule has 1 unspecified atom stereocenters. The summed E-state index contributed by atoms with van der Waals surface area (Å²) in [6.45, 7) is 6.10. The third-order valence-corrected chi connectivity index (χ3v) is 6.19. The number of aromatic nitrogens is 1. The van der Waals surface area contributed by atoms with Crippen LogP contribution in [0.3, 0.4) is 0 Å². The first-order valence-electron chi connectivity index (χ1n) is 9.19. The first-order valence-corrected chi connectivity index (χ1v) is 10.0. The van der Waals surface area contributed by atoms with Gasteiger partial charge in [0.05, 0.1) is 22.4 Å². The Morgan fingerprint density at radius 2 is 2.07 bits per heavy atom. The third-order valence-electron chi connectivity index (χ3n) is 5.18. The Hall–Kier alpha value is -3.12. The molecule has 0 spiro atoms. The van der Waals surface area contributed by atoms with E-state index in [2.05, 4.69) is 23.3 Å². The van der Waals surface area contributed by atoms with Gasteiger partial charge in [-0.25, -0.2) is 9.78 Å². The van der Waals surface area contributed by atoms with Crippen molar-refractivity contribution in [3.63, 3.8) is 0 Å². The molecule has 5 nitrogen and oxygen atoms in total. The van der Waals surface area contributed by atoms with Crippen LogP contribution in [0.5, 0.6) is 5.75 Å². The molecular weight excluding hydrogens is 370 g/mol. The van der Waals surface area contributed by atoms with E-state index in [1.807, 2.05) is 50.3 Å².